The summed E-state index contributed by atoms with van der Waals surface area (Å²) in [6, 6.07) is 10.9. The molecule has 2 bridgehead atoms. The molecular formula is C28H34N2O8. The monoisotopic (exact) mass is 526 g/mol. The van der Waals surface area contributed by atoms with E-state index in [4.69, 9.17) is 18.9 Å². The normalized spacial score (nSPS) is 19.6. The Morgan fingerprint density at radius 1 is 1.03 bits per heavy atom. The van der Waals surface area contributed by atoms with E-state index < -0.39 is 23.8 Å². The second kappa shape index (κ2) is 12.3. The fourth-order valence-corrected chi connectivity index (χ4v) is 5.23. The summed E-state index contributed by atoms with van der Waals surface area (Å²) >= 11 is 0. The topological polar surface area (TPSA) is 115 Å². The van der Waals surface area contributed by atoms with Crippen LogP contribution in [-0.2, 0) is 20.9 Å². The van der Waals surface area contributed by atoms with Gasteiger partial charge in [0.15, 0.2) is 11.5 Å². The lowest BCUT2D eigenvalue weighted by Crippen LogP contribution is -2.68. The molecule has 0 aromatic heterocycles. The fraction of sp³-hybridized carbons (Fsp3) is 0.464. The van der Waals surface area contributed by atoms with E-state index in [1.54, 1.807) is 4.90 Å². The highest BCUT2D eigenvalue weighted by Gasteiger charge is 2.48. The van der Waals surface area contributed by atoms with Crippen molar-refractivity contribution in [1.29, 1.82) is 0 Å². The van der Waals surface area contributed by atoms with Crippen LogP contribution in [0.3, 0.4) is 0 Å². The van der Waals surface area contributed by atoms with Crippen molar-refractivity contribution in [2.45, 2.75) is 44.0 Å². The van der Waals surface area contributed by atoms with E-state index in [-0.39, 0.29) is 48.8 Å². The lowest BCUT2D eigenvalue weighted by Gasteiger charge is -2.50. The molecule has 2 aliphatic rings. The molecule has 2 aliphatic heterocycles. The average molecular weight is 527 g/mol. The lowest BCUT2D eigenvalue weighted by atomic mass is 9.89. The number of aliphatic hydroxyl groups is 1. The largest absolute Gasteiger partial charge is 0.493 e. The van der Waals surface area contributed by atoms with E-state index in [2.05, 4.69) is 0 Å². The number of piperidine rings is 1. The number of ketones is 1. The number of fused-ring (bicyclic) bond motifs is 2. The molecule has 2 heterocycles. The zero-order valence-corrected chi connectivity index (χ0v) is 21.9. The molecule has 10 nitrogen and oxygen atoms in total. The van der Waals surface area contributed by atoms with Crippen LogP contribution < -0.4 is 14.2 Å². The standard InChI is InChI=1S/C28H34N2O8/c1-35-23-12-19(13-24(36-2)26(23)37-3)25(32)28(34)30-20-10-7-11-22(30)27(33)29(14-20)21(15-31)17-38-16-18-8-5-4-6-9-18/h4-6,8-9,12-13,20-22,31H,7,10-11,14-17H2,1-3H3. The molecule has 1 N–H and O–H groups in total. The minimum absolute atomic E-state index is 0.0833. The number of amides is 2. The van der Waals surface area contributed by atoms with Crippen molar-refractivity contribution in [2.24, 2.45) is 0 Å². The van der Waals surface area contributed by atoms with Crippen molar-refractivity contribution < 1.29 is 38.4 Å². The summed E-state index contributed by atoms with van der Waals surface area (Å²) in [5.41, 5.74) is 1.08. The molecule has 10 heteroatoms. The molecule has 2 saturated heterocycles. The first-order valence-electron chi connectivity index (χ1n) is 12.6. The van der Waals surface area contributed by atoms with Crippen molar-refractivity contribution in [3.8, 4) is 17.2 Å². The van der Waals surface area contributed by atoms with Gasteiger partial charge < -0.3 is 33.9 Å². The molecule has 2 amide bonds. The Kier molecular flexibility index (Phi) is 8.85. The summed E-state index contributed by atoms with van der Waals surface area (Å²) in [6.07, 6.45) is 1.87. The smallest absolute Gasteiger partial charge is 0.295 e. The van der Waals surface area contributed by atoms with E-state index in [0.717, 1.165) is 12.0 Å². The van der Waals surface area contributed by atoms with Crippen molar-refractivity contribution in [2.75, 3.05) is 41.1 Å². The minimum Gasteiger partial charge on any atom is -0.493 e. The van der Waals surface area contributed by atoms with E-state index in [1.807, 2.05) is 30.3 Å². The van der Waals surface area contributed by atoms with E-state index in [0.29, 0.717) is 25.2 Å². The first kappa shape index (κ1) is 27.4. The highest BCUT2D eigenvalue weighted by Crippen LogP contribution is 2.39. The van der Waals surface area contributed by atoms with Gasteiger partial charge in [-0.25, -0.2) is 0 Å². The predicted molar refractivity (Wildman–Crippen MR) is 137 cm³/mol. The van der Waals surface area contributed by atoms with Crippen molar-refractivity contribution >= 4 is 17.6 Å². The molecule has 2 aromatic carbocycles. The van der Waals surface area contributed by atoms with Crippen molar-refractivity contribution in [3.63, 3.8) is 0 Å². The van der Waals surface area contributed by atoms with E-state index >= 15 is 0 Å². The number of methoxy groups -OCH3 is 3. The molecule has 38 heavy (non-hydrogen) atoms. The zero-order valence-electron chi connectivity index (χ0n) is 21.9. The second-order valence-electron chi connectivity index (χ2n) is 9.38. The number of Topliss-reactive ketones (excluding diaryl/α,β-unsaturated/α-hetero) is 1. The third-order valence-corrected chi connectivity index (χ3v) is 7.15. The maximum Gasteiger partial charge on any atom is 0.295 e. The van der Waals surface area contributed by atoms with Gasteiger partial charge in [0.05, 0.1) is 53.2 Å². The Morgan fingerprint density at radius 3 is 2.32 bits per heavy atom. The molecule has 2 fully saturated rings. The summed E-state index contributed by atoms with van der Waals surface area (Å²) in [7, 11) is 4.30. The van der Waals surface area contributed by atoms with Gasteiger partial charge in [-0.05, 0) is 37.0 Å². The number of ether oxygens (including phenoxy) is 4. The van der Waals surface area contributed by atoms with E-state index in [1.165, 1.54) is 38.4 Å². The number of piperazine rings is 1. The maximum atomic E-state index is 13.5. The van der Waals surface area contributed by atoms with Crippen LogP contribution >= 0.6 is 0 Å². The highest BCUT2D eigenvalue weighted by molar-refractivity contribution is 6.43. The van der Waals surface area contributed by atoms with Gasteiger partial charge in [0.2, 0.25) is 11.7 Å². The third kappa shape index (κ3) is 5.46. The summed E-state index contributed by atoms with van der Waals surface area (Å²) in [4.78, 5) is 43.4. The molecule has 0 spiro atoms. The van der Waals surface area contributed by atoms with Crippen LogP contribution in [0, 0.1) is 0 Å². The van der Waals surface area contributed by atoms with Gasteiger partial charge in [-0.15, -0.1) is 0 Å². The number of aliphatic hydroxyl groups excluding tert-OH is 1. The number of rotatable bonds is 11. The second-order valence-corrected chi connectivity index (χ2v) is 9.38. The number of benzene rings is 2. The van der Waals surface area contributed by atoms with Gasteiger partial charge >= 0.3 is 0 Å². The average Bonchev–Trinajstić information content (AvgIpc) is 2.96. The number of carbonyl (C=O) groups excluding carboxylic acids is 3. The van der Waals surface area contributed by atoms with Crippen LogP contribution in [0.25, 0.3) is 0 Å². The zero-order chi connectivity index (χ0) is 27.2. The van der Waals surface area contributed by atoms with Crippen LogP contribution in [0.4, 0.5) is 0 Å². The van der Waals surface area contributed by atoms with Crippen LogP contribution in [-0.4, -0.2) is 91.7 Å². The molecule has 3 unspecified atom stereocenters. The van der Waals surface area contributed by atoms with E-state index in [9.17, 15) is 19.5 Å². The van der Waals surface area contributed by atoms with Crippen LogP contribution in [0.5, 0.6) is 17.2 Å². The van der Waals surface area contributed by atoms with Gasteiger partial charge in [-0.2, -0.15) is 0 Å². The Balaban J connectivity index is 1.50. The number of likely N-dealkylation sites (tertiary alicyclic amines) is 1. The minimum atomic E-state index is -0.774. The molecule has 204 valence electrons. The quantitative estimate of drug-likeness (QED) is 0.350. The highest BCUT2D eigenvalue weighted by atomic mass is 16.5. The predicted octanol–water partition coefficient (Wildman–Crippen LogP) is 2.06. The van der Waals surface area contributed by atoms with Crippen LogP contribution in [0.2, 0.25) is 0 Å². The first-order valence-corrected chi connectivity index (χ1v) is 12.6. The van der Waals surface area contributed by atoms with Crippen molar-refractivity contribution in [3.05, 3.63) is 53.6 Å². The summed E-state index contributed by atoms with van der Waals surface area (Å²) in [5, 5.41) is 10.1. The summed E-state index contributed by atoms with van der Waals surface area (Å²) in [5.74, 6) is -0.968. The Morgan fingerprint density at radius 2 is 1.71 bits per heavy atom. The molecule has 4 rings (SSSR count). The van der Waals surface area contributed by atoms with Gasteiger partial charge in [-0.3, -0.25) is 14.4 Å². The number of hydrogen-bond acceptors (Lipinski definition) is 8. The number of carbonyl (C=O) groups is 3. The molecular weight excluding hydrogens is 492 g/mol. The summed E-state index contributed by atoms with van der Waals surface area (Å²) < 4.78 is 21.8. The molecule has 0 saturated carbocycles. The number of nitrogens with zero attached hydrogens (tertiary/aromatic N) is 2. The fourth-order valence-electron chi connectivity index (χ4n) is 5.23. The molecule has 2 aromatic rings. The van der Waals surface area contributed by atoms with Crippen LogP contribution in [0.15, 0.2) is 42.5 Å². The van der Waals surface area contributed by atoms with Crippen LogP contribution in [0.1, 0.15) is 35.2 Å². The molecule has 3 atom stereocenters. The lowest BCUT2D eigenvalue weighted by molar-refractivity contribution is -0.162. The number of hydrogen-bond donors (Lipinski definition) is 1. The molecule has 0 radical (unpaired) electrons. The van der Waals surface area contributed by atoms with Gasteiger partial charge in [-0.1, -0.05) is 30.3 Å². The molecule has 0 aliphatic carbocycles. The third-order valence-electron chi connectivity index (χ3n) is 7.15. The Labute approximate surface area is 222 Å². The summed E-state index contributed by atoms with van der Waals surface area (Å²) in [6.45, 7) is 0.483. The van der Waals surface area contributed by atoms with Gasteiger partial charge in [0.1, 0.15) is 6.04 Å². The Hall–Kier alpha value is -3.63. The SMILES string of the molecule is COc1cc(C(=O)C(=O)N2C3CCCC2C(=O)N(C(CO)COCc2ccccc2)C3)cc(OC)c1OC. The van der Waals surface area contributed by atoms with Crippen molar-refractivity contribution in [1.82, 2.24) is 9.80 Å². The Bertz CT molecular complexity index is 1130. The van der Waals surface area contributed by atoms with Gasteiger partial charge in [0.25, 0.3) is 11.7 Å². The van der Waals surface area contributed by atoms with Gasteiger partial charge in [0, 0.05) is 12.1 Å². The maximum absolute atomic E-state index is 13.5. The first-order chi connectivity index (χ1) is 18.4.